The zero-order chi connectivity index (χ0) is 16.5. The maximum absolute atomic E-state index is 6.25. The lowest BCUT2D eigenvalue weighted by atomic mass is 10.0. The second kappa shape index (κ2) is 6.13. The fourth-order valence-corrected chi connectivity index (χ4v) is 2.96. The van der Waals surface area contributed by atoms with Crippen LogP contribution in [0, 0.1) is 6.92 Å². The van der Waals surface area contributed by atoms with E-state index in [2.05, 4.69) is 57.9 Å². The first-order valence-corrected chi connectivity index (χ1v) is 8.30. The van der Waals surface area contributed by atoms with Crippen molar-refractivity contribution in [2.24, 2.45) is 0 Å². The van der Waals surface area contributed by atoms with Crippen LogP contribution in [-0.2, 0) is 12.8 Å². The molecule has 0 spiro atoms. The number of fused-ring (bicyclic) bond motifs is 6. The molecule has 2 N–H and O–H groups in total. The van der Waals surface area contributed by atoms with Crippen molar-refractivity contribution in [3.05, 3.63) is 70.4 Å². The van der Waals surface area contributed by atoms with Crippen LogP contribution in [0.25, 0.3) is 0 Å². The molecule has 120 valence electrons. The SMILES string of the molecule is Cc1ccc2cc1Nc1ncc(Cl)c(n1)Nc1cccc(c1)CC2. The van der Waals surface area contributed by atoms with Crippen LogP contribution in [0.1, 0.15) is 16.7 Å². The van der Waals surface area contributed by atoms with Gasteiger partial charge in [-0.15, -0.1) is 0 Å². The maximum Gasteiger partial charge on any atom is 0.229 e. The summed E-state index contributed by atoms with van der Waals surface area (Å²) in [6.45, 7) is 2.07. The van der Waals surface area contributed by atoms with Crippen LogP contribution in [0.2, 0.25) is 5.02 Å². The van der Waals surface area contributed by atoms with Crippen LogP contribution < -0.4 is 10.6 Å². The molecule has 0 saturated heterocycles. The van der Waals surface area contributed by atoms with Gasteiger partial charge < -0.3 is 10.6 Å². The summed E-state index contributed by atoms with van der Waals surface area (Å²) >= 11 is 6.25. The zero-order valence-corrected chi connectivity index (χ0v) is 14.1. The van der Waals surface area contributed by atoms with Crippen molar-refractivity contribution in [2.75, 3.05) is 10.6 Å². The number of nitrogens with zero attached hydrogens (tertiary/aromatic N) is 2. The summed E-state index contributed by atoms with van der Waals surface area (Å²) in [5, 5.41) is 7.09. The minimum absolute atomic E-state index is 0.492. The number of benzene rings is 2. The third-order valence-electron chi connectivity index (χ3n) is 4.18. The number of nitrogens with one attached hydrogen (secondary N) is 2. The van der Waals surface area contributed by atoms with Crippen molar-refractivity contribution >= 4 is 34.7 Å². The van der Waals surface area contributed by atoms with Gasteiger partial charge in [-0.25, -0.2) is 4.98 Å². The molecule has 3 aromatic rings. The van der Waals surface area contributed by atoms with Gasteiger partial charge >= 0.3 is 0 Å². The Morgan fingerprint density at radius 3 is 2.71 bits per heavy atom. The van der Waals surface area contributed by atoms with Crippen molar-refractivity contribution < 1.29 is 0 Å². The summed E-state index contributed by atoms with van der Waals surface area (Å²) in [5.41, 5.74) is 5.71. The minimum Gasteiger partial charge on any atom is -0.339 e. The molecule has 1 aromatic heterocycles. The summed E-state index contributed by atoms with van der Waals surface area (Å²) in [6.07, 6.45) is 3.58. The number of aromatic nitrogens is 2. The van der Waals surface area contributed by atoms with Crippen LogP contribution in [0.3, 0.4) is 0 Å². The number of anilines is 4. The Kier molecular flexibility index (Phi) is 3.82. The highest BCUT2D eigenvalue weighted by Gasteiger charge is 2.10. The second-order valence-electron chi connectivity index (χ2n) is 5.99. The van der Waals surface area contributed by atoms with E-state index >= 15 is 0 Å². The van der Waals surface area contributed by atoms with Crippen molar-refractivity contribution in [3.63, 3.8) is 0 Å². The average Bonchev–Trinajstić information content (AvgIpc) is 2.59. The van der Waals surface area contributed by atoms with E-state index in [1.165, 1.54) is 11.1 Å². The average molecular weight is 337 g/mol. The first-order chi connectivity index (χ1) is 11.7. The van der Waals surface area contributed by atoms with Gasteiger partial charge in [0, 0.05) is 11.4 Å². The zero-order valence-electron chi connectivity index (χ0n) is 13.3. The van der Waals surface area contributed by atoms with E-state index in [4.69, 9.17) is 11.6 Å². The van der Waals surface area contributed by atoms with Gasteiger partial charge in [-0.2, -0.15) is 4.98 Å². The molecule has 0 atom stereocenters. The van der Waals surface area contributed by atoms with Gasteiger partial charge in [0.25, 0.3) is 0 Å². The largest absolute Gasteiger partial charge is 0.339 e. The van der Waals surface area contributed by atoms with Crippen LogP contribution in [0.4, 0.5) is 23.1 Å². The third-order valence-corrected chi connectivity index (χ3v) is 4.46. The van der Waals surface area contributed by atoms with Gasteiger partial charge in [0.2, 0.25) is 5.95 Å². The Morgan fingerprint density at radius 2 is 1.83 bits per heavy atom. The van der Waals surface area contributed by atoms with E-state index < -0.39 is 0 Å². The molecule has 0 unspecified atom stereocenters. The predicted molar refractivity (Wildman–Crippen MR) is 98.6 cm³/mol. The van der Waals surface area contributed by atoms with Crippen molar-refractivity contribution in [1.82, 2.24) is 9.97 Å². The van der Waals surface area contributed by atoms with Crippen LogP contribution >= 0.6 is 11.6 Å². The molecule has 2 aromatic carbocycles. The Bertz CT molecular complexity index is 908. The summed E-state index contributed by atoms with van der Waals surface area (Å²) in [4.78, 5) is 8.81. The molecule has 2 heterocycles. The molecule has 4 rings (SSSR count). The molecule has 1 aliphatic heterocycles. The molecule has 5 heteroatoms. The highest BCUT2D eigenvalue weighted by atomic mass is 35.5. The molecular weight excluding hydrogens is 320 g/mol. The molecule has 0 amide bonds. The summed E-state index contributed by atoms with van der Waals surface area (Å²) in [7, 11) is 0. The fourth-order valence-electron chi connectivity index (χ4n) is 2.82. The molecule has 0 saturated carbocycles. The van der Waals surface area contributed by atoms with E-state index in [0.717, 1.165) is 29.8 Å². The minimum atomic E-state index is 0.492. The van der Waals surface area contributed by atoms with Crippen molar-refractivity contribution in [2.45, 2.75) is 19.8 Å². The number of rotatable bonds is 0. The summed E-state index contributed by atoms with van der Waals surface area (Å²) < 4.78 is 0. The maximum atomic E-state index is 6.25. The van der Waals surface area contributed by atoms with Crippen LogP contribution in [0.5, 0.6) is 0 Å². The van der Waals surface area contributed by atoms with Crippen molar-refractivity contribution in [3.8, 4) is 0 Å². The first-order valence-electron chi connectivity index (χ1n) is 7.92. The van der Waals surface area contributed by atoms with E-state index in [0.29, 0.717) is 16.8 Å². The third kappa shape index (κ3) is 3.05. The van der Waals surface area contributed by atoms with Crippen molar-refractivity contribution in [1.29, 1.82) is 0 Å². The van der Waals surface area contributed by atoms with Crippen LogP contribution in [0.15, 0.2) is 48.7 Å². The molecule has 0 aliphatic carbocycles. The number of hydrogen-bond donors (Lipinski definition) is 2. The van der Waals surface area contributed by atoms with E-state index in [9.17, 15) is 0 Å². The lowest BCUT2D eigenvalue weighted by Gasteiger charge is -2.12. The fraction of sp³-hybridized carbons (Fsp3) is 0.158. The highest BCUT2D eigenvalue weighted by Crippen LogP contribution is 2.27. The normalized spacial score (nSPS) is 12.9. The number of hydrogen-bond acceptors (Lipinski definition) is 4. The standard InChI is InChI=1S/C19H17ClN4/c1-12-5-6-14-8-7-13-3-2-4-15(9-13)22-18-16(20)11-21-19(24-18)23-17(12)10-14/h2-6,9-11H,7-8H2,1H3,(H2,21,22,23,24). The molecule has 24 heavy (non-hydrogen) atoms. The van der Waals surface area contributed by atoms with E-state index in [1.807, 2.05) is 12.1 Å². The van der Waals surface area contributed by atoms with Gasteiger partial charge in [0.1, 0.15) is 5.02 Å². The Labute approximate surface area is 145 Å². The monoisotopic (exact) mass is 336 g/mol. The Balaban J connectivity index is 1.85. The van der Waals surface area contributed by atoms with Gasteiger partial charge in [0.15, 0.2) is 5.82 Å². The van der Waals surface area contributed by atoms with Gasteiger partial charge in [-0.05, 0) is 54.7 Å². The molecule has 1 aliphatic rings. The second-order valence-corrected chi connectivity index (χ2v) is 6.40. The van der Waals surface area contributed by atoms with E-state index in [-0.39, 0.29) is 0 Å². The summed E-state index contributed by atoms with van der Waals surface area (Å²) in [5.74, 6) is 1.12. The molecule has 4 nitrogen and oxygen atoms in total. The van der Waals surface area contributed by atoms with Gasteiger partial charge in [0.05, 0.1) is 6.20 Å². The molecule has 6 bridgehead atoms. The molecule has 0 fully saturated rings. The smallest absolute Gasteiger partial charge is 0.229 e. The summed E-state index contributed by atoms with van der Waals surface area (Å²) in [6, 6.07) is 14.8. The Hall–Kier alpha value is -2.59. The highest BCUT2D eigenvalue weighted by molar-refractivity contribution is 6.32. The topological polar surface area (TPSA) is 49.8 Å². The van der Waals surface area contributed by atoms with Gasteiger partial charge in [-0.3, -0.25) is 0 Å². The Morgan fingerprint density at radius 1 is 1.00 bits per heavy atom. The number of halogens is 1. The lowest BCUT2D eigenvalue weighted by molar-refractivity contribution is 0.960. The van der Waals surface area contributed by atoms with E-state index in [1.54, 1.807) is 6.20 Å². The molecule has 0 radical (unpaired) electrons. The predicted octanol–water partition coefficient (Wildman–Crippen LogP) is 5.02. The number of aryl methyl sites for hydroxylation is 3. The first kappa shape index (κ1) is 15.0. The molecular formula is C19H17ClN4. The quantitative estimate of drug-likeness (QED) is 0.605. The van der Waals surface area contributed by atoms with Crippen LogP contribution in [-0.4, -0.2) is 9.97 Å². The van der Waals surface area contributed by atoms with Gasteiger partial charge in [-0.1, -0.05) is 35.9 Å². The lowest BCUT2D eigenvalue weighted by Crippen LogP contribution is -2.02.